The van der Waals surface area contributed by atoms with E-state index in [-0.39, 0.29) is 5.91 Å². The Morgan fingerprint density at radius 1 is 1.06 bits per heavy atom. The van der Waals surface area contributed by atoms with Crippen molar-refractivity contribution < 1.29 is 9.21 Å². The number of carbonyl (C=O) groups is 1. The van der Waals surface area contributed by atoms with Gasteiger partial charge in [-0.2, -0.15) is 0 Å². The maximum Gasteiger partial charge on any atom is 0.246 e. The van der Waals surface area contributed by atoms with Crippen molar-refractivity contribution in [3.05, 3.63) is 83.9 Å². The molecule has 2 heterocycles. The SMILES string of the molecule is CCSc1ccc(CC(=O)Nc2ccc(C(C)(C)c3nc4cccnc4o3)cc2)cc1. The second-order valence-electron chi connectivity index (χ2n) is 7.85. The minimum atomic E-state index is -0.429. The summed E-state index contributed by atoms with van der Waals surface area (Å²) < 4.78 is 5.88. The molecular weight excluding hydrogens is 406 g/mol. The lowest BCUT2D eigenvalue weighted by atomic mass is 9.84. The summed E-state index contributed by atoms with van der Waals surface area (Å²) in [6, 6.07) is 19.7. The van der Waals surface area contributed by atoms with Crippen LogP contribution in [0.15, 0.2) is 76.2 Å². The Morgan fingerprint density at radius 2 is 1.81 bits per heavy atom. The van der Waals surface area contributed by atoms with Crippen molar-refractivity contribution in [1.29, 1.82) is 0 Å². The van der Waals surface area contributed by atoms with Crippen molar-refractivity contribution in [1.82, 2.24) is 9.97 Å². The van der Waals surface area contributed by atoms with Gasteiger partial charge in [0.25, 0.3) is 0 Å². The predicted molar refractivity (Wildman–Crippen MR) is 126 cm³/mol. The Kier molecular flexibility index (Phi) is 6.09. The van der Waals surface area contributed by atoms with Crippen molar-refractivity contribution in [3.8, 4) is 0 Å². The first-order valence-corrected chi connectivity index (χ1v) is 11.3. The summed E-state index contributed by atoms with van der Waals surface area (Å²) in [5, 5.41) is 2.98. The fraction of sp³-hybridized carbons (Fsp3) is 0.240. The minimum Gasteiger partial charge on any atom is -0.421 e. The molecular formula is C25H25N3O2S. The van der Waals surface area contributed by atoms with Gasteiger partial charge in [0.1, 0.15) is 5.52 Å². The molecule has 31 heavy (non-hydrogen) atoms. The molecule has 1 N–H and O–H groups in total. The van der Waals surface area contributed by atoms with E-state index in [1.54, 1.807) is 18.0 Å². The average molecular weight is 432 g/mol. The number of rotatable bonds is 7. The van der Waals surface area contributed by atoms with E-state index in [2.05, 4.69) is 48.2 Å². The van der Waals surface area contributed by atoms with E-state index in [0.717, 1.165) is 28.1 Å². The highest BCUT2D eigenvalue weighted by Crippen LogP contribution is 2.33. The van der Waals surface area contributed by atoms with Gasteiger partial charge in [-0.15, -0.1) is 11.8 Å². The maximum atomic E-state index is 12.4. The predicted octanol–water partition coefficient (Wildman–Crippen LogP) is 5.84. The van der Waals surface area contributed by atoms with Crippen LogP contribution < -0.4 is 5.32 Å². The van der Waals surface area contributed by atoms with Crippen LogP contribution in [0.5, 0.6) is 0 Å². The van der Waals surface area contributed by atoms with Crippen LogP contribution in [0.2, 0.25) is 0 Å². The molecule has 0 unspecified atom stereocenters. The number of carbonyl (C=O) groups excluding carboxylic acids is 1. The van der Waals surface area contributed by atoms with Gasteiger partial charge in [-0.25, -0.2) is 9.97 Å². The van der Waals surface area contributed by atoms with Crippen LogP contribution in [0, 0.1) is 0 Å². The van der Waals surface area contributed by atoms with Gasteiger partial charge in [-0.3, -0.25) is 4.79 Å². The molecule has 0 aliphatic heterocycles. The van der Waals surface area contributed by atoms with Crippen molar-refractivity contribution in [2.45, 2.75) is 37.5 Å². The van der Waals surface area contributed by atoms with E-state index in [9.17, 15) is 4.79 Å². The molecule has 0 radical (unpaired) electrons. The van der Waals surface area contributed by atoms with Crippen LogP contribution in [0.3, 0.4) is 0 Å². The van der Waals surface area contributed by atoms with Crippen molar-refractivity contribution in [2.24, 2.45) is 0 Å². The smallest absolute Gasteiger partial charge is 0.246 e. The van der Waals surface area contributed by atoms with Crippen molar-refractivity contribution in [2.75, 3.05) is 11.1 Å². The number of thioether (sulfide) groups is 1. The highest BCUT2D eigenvalue weighted by molar-refractivity contribution is 7.99. The molecule has 0 saturated heterocycles. The first-order chi connectivity index (χ1) is 15.0. The number of pyridine rings is 1. The number of aromatic nitrogens is 2. The fourth-order valence-corrected chi connectivity index (χ4v) is 4.05. The van der Waals surface area contributed by atoms with Gasteiger partial charge in [0, 0.05) is 16.8 Å². The monoisotopic (exact) mass is 431 g/mol. The molecule has 2 aromatic heterocycles. The van der Waals surface area contributed by atoms with Gasteiger partial charge < -0.3 is 9.73 Å². The van der Waals surface area contributed by atoms with Gasteiger partial charge in [0.2, 0.25) is 17.5 Å². The minimum absolute atomic E-state index is 0.0343. The fourth-order valence-electron chi connectivity index (χ4n) is 3.39. The third-order valence-electron chi connectivity index (χ3n) is 5.19. The Bertz CT molecular complexity index is 1150. The zero-order valence-corrected chi connectivity index (χ0v) is 18.7. The first-order valence-electron chi connectivity index (χ1n) is 10.3. The Labute approximate surface area is 186 Å². The van der Waals surface area contributed by atoms with Crippen LogP contribution in [0.1, 0.15) is 37.8 Å². The number of amides is 1. The second kappa shape index (κ2) is 8.94. The van der Waals surface area contributed by atoms with Crippen molar-refractivity contribution in [3.63, 3.8) is 0 Å². The summed E-state index contributed by atoms with van der Waals surface area (Å²) in [4.78, 5) is 22.5. The summed E-state index contributed by atoms with van der Waals surface area (Å²) >= 11 is 1.79. The zero-order valence-electron chi connectivity index (χ0n) is 17.9. The average Bonchev–Trinajstić information content (AvgIpc) is 3.21. The molecule has 2 aromatic carbocycles. The highest BCUT2D eigenvalue weighted by Gasteiger charge is 2.29. The molecule has 0 atom stereocenters. The molecule has 4 rings (SSSR count). The van der Waals surface area contributed by atoms with E-state index in [1.807, 2.05) is 48.5 Å². The van der Waals surface area contributed by atoms with Crippen LogP contribution in [0.4, 0.5) is 5.69 Å². The summed E-state index contributed by atoms with van der Waals surface area (Å²) in [5.41, 5.74) is 3.66. The lowest BCUT2D eigenvalue weighted by molar-refractivity contribution is -0.115. The van der Waals surface area contributed by atoms with Crippen LogP contribution in [-0.4, -0.2) is 21.6 Å². The number of hydrogen-bond donors (Lipinski definition) is 1. The van der Waals surface area contributed by atoms with Gasteiger partial charge in [-0.05, 0) is 67.1 Å². The lowest BCUT2D eigenvalue weighted by Crippen LogP contribution is -2.19. The van der Waals surface area contributed by atoms with E-state index in [4.69, 9.17) is 4.42 Å². The molecule has 0 spiro atoms. The number of nitrogens with one attached hydrogen (secondary N) is 1. The Morgan fingerprint density at radius 3 is 2.48 bits per heavy atom. The second-order valence-corrected chi connectivity index (χ2v) is 9.19. The first kappa shape index (κ1) is 21.1. The van der Waals surface area contributed by atoms with Crippen molar-refractivity contribution >= 4 is 34.6 Å². The molecule has 4 aromatic rings. The largest absolute Gasteiger partial charge is 0.421 e. The Hall–Kier alpha value is -3.12. The number of benzene rings is 2. The molecule has 158 valence electrons. The van der Waals surface area contributed by atoms with E-state index in [0.29, 0.717) is 18.0 Å². The highest BCUT2D eigenvalue weighted by atomic mass is 32.2. The molecule has 0 fully saturated rings. The molecule has 5 nitrogen and oxygen atoms in total. The normalized spacial score (nSPS) is 11.6. The summed E-state index contributed by atoms with van der Waals surface area (Å²) in [5.74, 6) is 1.62. The third kappa shape index (κ3) is 4.80. The van der Waals surface area contributed by atoms with Crippen LogP contribution in [0.25, 0.3) is 11.2 Å². The number of oxazole rings is 1. The summed E-state index contributed by atoms with van der Waals surface area (Å²) in [6.07, 6.45) is 2.04. The topological polar surface area (TPSA) is 68.0 Å². The van der Waals surface area contributed by atoms with Gasteiger partial charge >= 0.3 is 0 Å². The molecule has 0 aliphatic carbocycles. The summed E-state index contributed by atoms with van der Waals surface area (Å²) in [6.45, 7) is 6.25. The molecule has 1 amide bonds. The van der Waals surface area contributed by atoms with E-state index in [1.165, 1.54) is 4.90 Å². The maximum absolute atomic E-state index is 12.4. The molecule has 0 bridgehead atoms. The molecule has 0 aliphatic rings. The third-order valence-corrected chi connectivity index (χ3v) is 6.08. The van der Waals surface area contributed by atoms with Gasteiger partial charge in [0.15, 0.2) is 0 Å². The van der Waals surface area contributed by atoms with E-state index >= 15 is 0 Å². The van der Waals surface area contributed by atoms with Crippen LogP contribution >= 0.6 is 11.8 Å². The number of nitrogens with zero attached hydrogens (tertiary/aromatic N) is 2. The number of fused-ring (bicyclic) bond motifs is 1. The van der Waals surface area contributed by atoms with Gasteiger partial charge in [0.05, 0.1) is 11.8 Å². The quantitative estimate of drug-likeness (QED) is 0.372. The number of anilines is 1. The summed E-state index contributed by atoms with van der Waals surface area (Å²) in [7, 11) is 0. The molecule has 0 saturated carbocycles. The van der Waals surface area contributed by atoms with Crippen LogP contribution in [-0.2, 0) is 16.6 Å². The van der Waals surface area contributed by atoms with Gasteiger partial charge in [-0.1, -0.05) is 31.2 Å². The zero-order chi connectivity index (χ0) is 21.8. The lowest BCUT2D eigenvalue weighted by Gasteiger charge is -2.21. The number of hydrogen-bond acceptors (Lipinski definition) is 5. The molecule has 6 heteroatoms. The Balaban J connectivity index is 1.43. The standard InChI is InChI=1S/C25H25N3O2S/c1-4-31-20-13-7-17(8-14-20)16-22(29)27-19-11-9-18(10-12-19)25(2,3)24-28-21-6-5-15-26-23(21)30-24/h5-15H,4,16H2,1-3H3,(H,27,29). The van der Waals surface area contributed by atoms with E-state index < -0.39 is 5.41 Å².